The van der Waals surface area contributed by atoms with Crippen molar-refractivity contribution < 1.29 is 33.0 Å². The van der Waals surface area contributed by atoms with Crippen LogP contribution in [-0.4, -0.2) is 67.5 Å². The summed E-state index contributed by atoms with van der Waals surface area (Å²) < 4.78 is 36.9. The van der Waals surface area contributed by atoms with E-state index >= 15 is 0 Å². The van der Waals surface area contributed by atoms with Crippen LogP contribution in [0.4, 0.5) is 13.6 Å². The quantitative estimate of drug-likeness (QED) is 0.583. The summed E-state index contributed by atoms with van der Waals surface area (Å²) in [6.45, 7) is 7.22. The fourth-order valence-electron chi connectivity index (χ4n) is 4.01. The number of carboxylic acids is 1. The van der Waals surface area contributed by atoms with Crippen LogP contribution in [0.25, 0.3) is 16.9 Å². The van der Waals surface area contributed by atoms with Crippen molar-refractivity contribution in [2.45, 2.75) is 39.8 Å². The van der Waals surface area contributed by atoms with Gasteiger partial charge >= 0.3 is 12.1 Å². The van der Waals surface area contributed by atoms with Crippen LogP contribution in [0, 0.1) is 18.6 Å². The van der Waals surface area contributed by atoms with E-state index in [0.29, 0.717) is 11.3 Å². The molecule has 3 heterocycles. The van der Waals surface area contributed by atoms with Crippen LogP contribution in [0.5, 0.6) is 0 Å². The first kappa shape index (κ1) is 25.1. The number of carboxylic acid groups (broad SMARTS) is 1. The number of carbonyl (C=O) groups is 3. The number of fused-ring (bicyclic) bond motifs is 1. The van der Waals surface area contributed by atoms with E-state index < -0.39 is 40.4 Å². The third-order valence-corrected chi connectivity index (χ3v) is 5.72. The minimum atomic E-state index is -1.46. The van der Waals surface area contributed by atoms with E-state index in [2.05, 4.69) is 4.98 Å². The number of carbonyl (C=O) groups excluding carboxylic acids is 2. The van der Waals surface area contributed by atoms with E-state index in [1.165, 1.54) is 9.80 Å². The molecule has 11 heteroatoms. The van der Waals surface area contributed by atoms with Gasteiger partial charge in [-0.25, -0.2) is 23.4 Å². The summed E-state index contributed by atoms with van der Waals surface area (Å²) in [5.74, 6) is -3.97. The Labute approximate surface area is 205 Å². The Bertz CT molecular complexity index is 1360. The molecule has 190 valence electrons. The van der Waals surface area contributed by atoms with Crippen molar-refractivity contribution in [3.8, 4) is 11.3 Å². The standard InChI is InChI=1S/C25H26F2N4O5/c1-14-5-6-31-18(12-29-7-8-30(13-20(29)32)24(35)36-25(2,3)4)22(28-19(31)9-14)21-16(26)10-15(23(33)34)11-17(21)27/h5-6,9-11H,7-8,12-13H2,1-4H3,(H,33,34). The van der Waals surface area contributed by atoms with Crippen molar-refractivity contribution in [2.75, 3.05) is 19.6 Å². The number of rotatable bonds is 4. The average molecular weight is 501 g/mol. The first-order valence-corrected chi connectivity index (χ1v) is 11.3. The summed E-state index contributed by atoms with van der Waals surface area (Å²) in [6, 6.07) is 5.01. The molecule has 0 atom stereocenters. The molecule has 3 aromatic rings. The fraction of sp³-hybridized carbons (Fsp3) is 0.360. The number of nitrogens with zero attached hydrogens (tertiary/aromatic N) is 4. The summed E-state index contributed by atoms with van der Waals surface area (Å²) in [5, 5.41) is 9.13. The number of piperazine rings is 1. The molecule has 1 aliphatic rings. The Kier molecular flexibility index (Phi) is 6.42. The molecule has 9 nitrogen and oxygen atoms in total. The first-order valence-electron chi connectivity index (χ1n) is 11.3. The molecule has 1 fully saturated rings. The predicted octanol–water partition coefficient (Wildman–Crippen LogP) is 3.87. The number of aromatic nitrogens is 2. The number of halogens is 2. The van der Waals surface area contributed by atoms with Crippen LogP contribution >= 0.6 is 0 Å². The highest BCUT2D eigenvalue weighted by atomic mass is 19.1. The molecule has 0 spiro atoms. The van der Waals surface area contributed by atoms with Gasteiger partial charge in [0.1, 0.15) is 35.1 Å². The number of aromatic carboxylic acids is 1. The second-order valence-corrected chi connectivity index (χ2v) is 9.68. The van der Waals surface area contributed by atoms with Gasteiger partial charge in [0.25, 0.3) is 0 Å². The van der Waals surface area contributed by atoms with Crippen molar-refractivity contribution in [1.82, 2.24) is 19.2 Å². The molecule has 2 aromatic heterocycles. The third-order valence-electron chi connectivity index (χ3n) is 5.72. The summed E-state index contributed by atoms with van der Waals surface area (Å²) in [7, 11) is 0. The number of pyridine rings is 1. The van der Waals surface area contributed by atoms with Crippen LogP contribution in [0.3, 0.4) is 0 Å². The predicted molar refractivity (Wildman–Crippen MR) is 125 cm³/mol. The van der Waals surface area contributed by atoms with Gasteiger partial charge in [-0.2, -0.15) is 0 Å². The lowest BCUT2D eigenvalue weighted by Gasteiger charge is -2.35. The zero-order chi connectivity index (χ0) is 26.4. The molecule has 1 aromatic carbocycles. The van der Waals surface area contributed by atoms with E-state index in [-0.39, 0.29) is 37.8 Å². The van der Waals surface area contributed by atoms with E-state index in [9.17, 15) is 23.2 Å². The minimum Gasteiger partial charge on any atom is -0.478 e. The lowest BCUT2D eigenvalue weighted by molar-refractivity contribution is -0.136. The molecule has 1 saturated heterocycles. The molecule has 0 bridgehead atoms. The van der Waals surface area contributed by atoms with Gasteiger partial charge in [-0.15, -0.1) is 0 Å². The van der Waals surface area contributed by atoms with Gasteiger partial charge in [0, 0.05) is 19.3 Å². The average Bonchev–Trinajstić information content (AvgIpc) is 3.10. The Balaban J connectivity index is 1.69. The van der Waals surface area contributed by atoms with Gasteiger partial charge in [-0.3, -0.25) is 9.69 Å². The lowest BCUT2D eigenvalue weighted by Crippen LogP contribution is -2.52. The summed E-state index contributed by atoms with van der Waals surface area (Å²) in [4.78, 5) is 43.7. The Morgan fingerprint density at radius 2 is 1.81 bits per heavy atom. The van der Waals surface area contributed by atoms with Crippen LogP contribution < -0.4 is 0 Å². The maximum Gasteiger partial charge on any atom is 0.410 e. The zero-order valence-corrected chi connectivity index (χ0v) is 20.3. The highest BCUT2D eigenvalue weighted by Crippen LogP contribution is 2.32. The maximum absolute atomic E-state index is 15.0. The molecule has 0 aliphatic carbocycles. The maximum atomic E-state index is 15.0. The zero-order valence-electron chi connectivity index (χ0n) is 20.3. The first-order chi connectivity index (χ1) is 16.8. The second kappa shape index (κ2) is 9.21. The van der Waals surface area contributed by atoms with Gasteiger partial charge in [0.15, 0.2) is 0 Å². The molecule has 1 aliphatic heterocycles. The van der Waals surface area contributed by atoms with E-state index in [1.54, 1.807) is 43.5 Å². The molecule has 1 N–H and O–H groups in total. The monoisotopic (exact) mass is 500 g/mol. The number of amides is 2. The number of imidazole rings is 1. The number of hydrogen-bond donors (Lipinski definition) is 1. The van der Waals surface area contributed by atoms with Gasteiger partial charge < -0.3 is 19.1 Å². The van der Waals surface area contributed by atoms with Crippen molar-refractivity contribution in [2.24, 2.45) is 0 Å². The second-order valence-electron chi connectivity index (χ2n) is 9.68. The highest BCUT2D eigenvalue weighted by molar-refractivity contribution is 5.88. The van der Waals surface area contributed by atoms with Crippen LogP contribution in [0.1, 0.15) is 42.4 Å². The Morgan fingerprint density at radius 3 is 2.39 bits per heavy atom. The van der Waals surface area contributed by atoms with Gasteiger partial charge in [-0.1, -0.05) is 0 Å². The van der Waals surface area contributed by atoms with Crippen LogP contribution in [0.15, 0.2) is 30.5 Å². The molecule has 0 saturated carbocycles. The van der Waals surface area contributed by atoms with Crippen molar-refractivity contribution in [3.05, 3.63) is 58.9 Å². The van der Waals surface area contributed by atoms with Gasteiger partial charge in [-0.05, 0) is 57.5 Å². The number of hydrogen-bond acceptors (Lipinski definition) is 5. The topological polar surface area (TPSA) is 104 Å². The van der Waals surface area contributed by atoms with Crippen molar-refractivity contribution in [1.29, 1.82) is 0 Å². The molecule has 2 amide bonds. The normalized spacial score (nSPS) is 14.4. The molecule has 36 heavy (non-hydrogen) atoms. The Morgan fingerprint density at radius 1 is 1.14 bits per heavy atom. The summed E-state index contributed by atoms with van der Waals surface area (Å²) in [5.41, 5.74) is -0.0966. The van der Waals surface area contributed by atoms with Crippen LogP contribution in [0.2, 0.25) is 0 Å². The van der Waals surface area contributed by atoms with E-state index in [0.717, 1.165) is 17.7 Å². The number of aryl methyl sites for hydroxylation is 1. The smallest absolute Gasteiger partial charge is 0.410 e. The highest BCUT2D eigenvalue weighted by Gasteiger charge is 2.32. The largest absolute Gasteiger partial charge is 0.478 e. The summed E-state index contributed by atoms with van der Waals surface area (Å²) >= 11 is 0. The lowest BCUT2D eigenvalue weighted by atomic mass is 10.0. The molecule has 0 radical (unpaired) electrons. The Hall–Kier alpha value is -4.02. The SMILES string of the molecule is Cc1ccn2c(CN3CCN(C(=O)OC(C)(C)C)CC3=O)c(-c3c(F)cc(C(=O)O)cc3F)nc2c1. The van der Waals surface area contributed by atoms with Crippen LogP contribution in [-0.2, 0) is 16.1 Å². The van der Waals surface area contributed by atoms with E-state index in [1.807, 2.05) is 6.92 Å². The summed E-state index contributed by atoms with van der Waals surface area (Å²) in [6.07, 6.45) is 1.10. The minimum absolute atomic E-state index is 0.0277. The third kappa shape index (κ3) is 5.00. The van der Waals surface area contributed by atoms with Crippen molar-refractivity contribution >= 4 is 23.6 Å². The molecule has 0 unspecified atom stereocenters. The number of benzene rings is 1. The molecule has 4 rings (SSSR count). The van der Waals surface area contributed by atoms with E-state index in [4.69, 9.17) is 9.84 Å². The van der Waals surface area contributed by atoms with Gasteiger partial charge in [0.2, 0.25) is 5.91 Å². The fourth-order valence-corrected chi connectivity index (χ4v) is 4.01. The molecular formula is C25H26F2N4O5. The molecular weight excluding hydrogens is 474 g/mol. The van der Waals surface area contributed by atoms with Gasteiger partial charge in [0.05, 0.1) is 23.4 Å². The number of ether oxygens (including phenoxy) is 1. The van der Waals surface area contributed by atoms with Crippen molar-refractivity contribution in [3.63, 3.8) is 0 Å².